The lowest BCUT2D eigenvalue weighted by Crippen LogP contribution is -2.44. The first kappa shape index (κ1) is 23.6. The minimum absolute atomic E-state index is 0.0308. The van der Waals surface area contributed by atoms with E-state index >= 15 is 0 Å². The number of rotatable bonds is 7. The van der Waals surface area contributed by atoms with Gasteiger partial charge in [0.25, 0.3) is 0 Å². The molecule has 0 aromatic heterocycles. The van der Waals surface area contributed by atoms with Crippen molar-refractivity contribution in [3.8, 4) is 5.75 Å². The van der Waals surface area contributed by atoms with Crippen molar-refractivity contribution in [2.75, 3.05) is 33.3 Å². The van der Waals surface area contributed by atoms with Crippen molar-refractivity contribution in [1.82, 2.24) is 9.21 Å². The van der Waals surface area contributed by atoms with Crippen LogP contribution in [0.4, 0.5) is 0 Å². The number of likely N-dealkylation sites (N-methyl/N-ethyl adjacent to an activating group) is 1. The van der Waals surface area contributed by atoms with Crippen molar-refractivity contribution >= 4 is 27.5 Å². The summed E-state index contributed by atoms with van der Waals surface area (Å²) in [4.78, 5) is 14.8. The maximum absolute atomic E-state index is 13.0. The van der Waals surface area contributed by atoms with Crippen LogP contribution in [0, 0.1) is 19.8 Å². The number of amides is 1. The van der Waals surface area contributed by atoms with Crippen molar-refractivity contribution in [3.63, 3.8) is 0 Å². The Balaban J connectivity index is 1.51. The van der Waals surface area contributed by atoms with Gasteiger partial charge in [-0.15, -0.1) is 0 Å². The van der Waals surface area contributed by atoms with Gasteiger partial charge in [0.15, 0.2) is 0 Å². The van der Waals surface area contributed by atoms with Crippen LogP contribution >= 0.6 is 11.6 Å². The summed E-state index contributed by atoms with van der Waals surface area (Å²) in [6.07, 6.45) is 1.04. The summed E-state index contributed by atoms with van der Waals surface area (Å²) in [6, 6.07) is 12.5. The average molecular weight is 465 g/mol. The molecule has 8 heteroatoms. The second kappa shape index (κ2) is 10.0. The first-order valence-corrected chi connectivity index (χ1v) is 12.2. The smallest absolute Gasteiger partial charge is 0.243 e. The molecule has 1 heterocycles. The van der Waals surface area contributed by atoms with Gasteiger partial charge in [0.05, 0.1) is 11.4 Å². The molecule has 1 fully saturated rings. The van der Waals surface area contributed by atoms with Gasteiger partial charge in [-0.2, -0.15) is 4.31 Å². The number of hydrogen-bond donors (Lipinski definition) is 0. The van der Waals surface area contributed by atoms with Gasteiger partial charge in [0.1, 0.15) is 12.4 Å². The van der Waals surface area contributed by atoms with Crippen LogP contribution in [-0.2, 0) is 14.8 Å². The summed E-state index contributed by atoms with van der Waals surface area (Å²) < 4.78 is 33.2. The number of carbonyl (C=O) groups excluding carboxylic acids is 1. The lowest BCUT2D eigenvalue weighted by Gasteiger charge is -2.32. The van der Waals surface area contributed by atoms with Gasteiger partial charge in [-0.1, -0.05) is 29.3 Å². The van der Waals surface area contributed by atoms with Crippen molar-refractivity contribution in [1.29, 1.82) is 0 Å². The number of benzene rings is 2. The Morgan fingerprint density at radius 3 is 2.39 bits per heavy atom. The van der Waals surface area contributed by atoms with E-state index in [-0.39, 0.29) is 11.8 Å². The number of ether oxygens (including phenoxy) is 1. The normalized spacial score (nSPS) is 15.6. The summed E-state index contributed by atoms with van der Waals surface area (Å²) in [5.41, 5.74) is 1.78. The van der Waals surface area contributed by atoms with Crippen LogP contribution < -0.4 is 4.74 Å². The minimum atomic E-state index is -3.55. The molecular formula is C23H29ClN2O4S. The Labute approximate surface area is 189 Å². The molecule has 2 aromatic carbocycles. The molecule has 0 aliphatic carbocycles. The molecule has 1 amide bonds. The number of carbonyl (C=O) groups is 1. The van der Waals surface area contributed by atoms with Crippen LogP contribution in [0.25, 0.3) is 0 Å². The molecular weight excluding hydrogens is 436 g/mol. The number of halogens is 1. The Hall–Kier alpha value is -2.09. The first-order chi connectivity index (χ1) is 14.7. The highest BCUT2D eigenvalue weighted by molar-refractivity contribution is 7.89. The Morgan fingerprint density at radius 2 is 1.77 bits per heavy atom. The van der Waals surface area contributed by atoms with E-state index in [1.807, 2.05) is 26.0 Å². The van der Waals surface area contributed by atoms with Gasteiger partial charge >= 0.3 is 0 Å². The third kappa shape index (κ3) is 5.79. The molecule has 0 spiro atoms. The molecule has 0 atom stereocenters. The molecule has 168 valence electrons. The predicted molar refractivity (Wildman–Crippen MR) is 122 cm³/mol. The van der Waals surface area contributed by atoms with E-state index in [1.54, 1.807) is 42.3 Å². The zero-order chi connectivity index (χ0) is 22.6. The molecule has 6 nitrogen and oxygen atoms in total. The number of hydrogen-bond acceptors (Lipinski definition) is 4. The average Bonchev–Trinajstić information content (AvgIpc) is 2.74. The van der Waals surface area contributed by atoms with Crippen molar-refractivity contribution in [2.24, 2.45) is 5.92 Å². The third-order valence-corrected chi connectivity index (χ3v) is 7.95. The van der Waals surface area contributed by atoms with Crippen LogP contribution in [0.3, 0.4) is 0 Å². The van der Waals surface area contributed by atoms with Crippen LogP contribution in [0.15, 0.2) is 47.4 Å². The van der Waals surface area contributed by atoms with E-state index < -0.39 is 10.0 Å². The number of sulfonamides is 1. The Morgan fingerprint density at radius 1 is 1.13 bits per heavy atom. The molecule has 0 saturated carbocycles. The van der Waals surface area contributed by atoms with Crippen LogP contribution in [-0.4, -0.2) is 56.8 Å². The van der Waals surface area contributed by atoms with Crippen LogP contribution in [0.1, 0.15) is 24.0 Å². The number of piperidine rings is 1. The molecule has 1 aliphatic rings. The second-order valence-electron chi connectivity index (χ2n) is 8.01. The molecule has 31 heavy (non-hydrogen) atoms. The van der Waals surface area contributed by atoms with Crippen LogP contribution in [0.5, 0.6) is 5.75 Å². The van der Waals surface area contributed by atoms with E-state index in [2.05, 4.69) is 0 Å². The van der Waals surface area contributed by atoms with Crippen molar-refractivity contribution in [2.45, 2.75) is 31.6 Å². The summed E-state index contributed by atoms with van der Waals surface area (Å²) in [5.74, 6) is 0.560. The van der Waals surface area contributed by atoms with Gasteiger partial charge in [0, 0.05) is 31.1 Å². The lowest BCUT2D eigenvalue weighted by atomic mass is 9.97. The van der Waals surface area contributed by atoms with Crippen molar-refractivity contribution in [3.05, 3.63) is 58.6 Å². The number of nitrogens with zero attached hydrogens (tertiary/aromatic N) is 2. The van der Waals surface area contributed by atoms with Gasteiger partial charge in [-0.25, -0.2) is 8.42 Å². The molecule has 1 aliphatic heterocycles. The quantitative estimate of drug-likeness (QED) is 0.623. The fourth-order valence-corrected chi connectivity index (χ4v) is 5.63. The van der Waals surface area contributed by atoms with Gasteiger partial charge in [-0.3, -0.25) is 4.79 Å². The molecule has 0 unspecified atom stereocenters. The molecule has 3 rings (SSSR count). The first-order valence-electron chi connectivity index (χ1n) is 10.4. The largest absolute Gasteiger partial charge is 0.492 e. The molecule has 0 bridgehead atoms. The summed E-state index contributed by atoms with van der Waals surface area (Å²) >= 11 is 5.86. The van der Waals surface area contributed by atoms with E-state index in [9.17, 15) is 13.2 Å². The fraction of sp³-hybridized carbons (Fsp3) is 0.435. The molecule has 2 aromatic rings. The van der Waals surface area contributed by atoms with Gasteiger partial charge in [0.2, 0.25) is 15.9 Å². The SMILES string of the molecule is Cc1ccc(S(=O)(=O)N2CCC(C(=O)N(C)CCOc3ccc(Cl)cc3)CC2)c(C)c1. The maximum atomic E-state index is 13.0. The molecule has 1 saturated heterocycles. The Bertz CT molecular complexity index is 1020. The maximum Gasteiger partial charge on any atom is 0.243 e. The highest BCUT2D eigenvalue weighted by atomic mass is 35.5. The highest BCUT2D eigenvalue weighted by Gasteiger charge is 2.33. The zero-order valence-electron chi connectivity index (χ0n) is 18.2. The van der Waals surface area contributed by atoms with E-state index in [0.29, 0.717) is 54.8 Å². The molecule has 0 N–H and O–H groups in total. The number of aryl methyl sites for hydroxylation is 2. The van der Waals surface area contributed by atoms with Gasteiger partial charge in [-0.05, 0) is 62.6 Å². The minimum Gasteiger partial charge on any atom is -0.492 e. The standard InChI is InChI=1S/C23H29ClN2O4S/c1-17-4-9-22(18(2)16-17)31(28,29)26-12-10-19(11-13-26)23(27)25(3)14-15-30-21-7-5-20(24)6-8-21/h4-9,16,19H,10-15H2,1-3H3. The monoisotopic (exact) mass is 464 g/mol. The van der Waals surface area contributed by atoms with Gasteiger partial charge < -0.3 is 9.64 Å². The molecule has 0 radical (unpaired) electrons. The summed E-state index contributed by atoms with van der Waals surface area (Å²) in [6.45, 7) is 5.30. The van der Waals surface area contributed by atoms with E-state index in [1.165, 1.54) is 4.31 Å². The lowest BCUT2D eigenvalue weighted by molar-refractivity contribution is -0.135. The highest BCUT2D eigenvalue weighted by Crippen LogP contribution is 2.27. The predicted octanol–water partition coefficient (Wildman–Crippen LogP) is 3.89. The summed E-state index contributed by atoms with van der Waals surface area (Å²) in [7, 11) is -1.79. The zero-order valence-corrected chi connectivity index (χ0v) is 19.7. The van der Waals surface area contributed by atoms with E-state index in [0.717, 1.165) is 11.1 Å². The van der Waals surface area contributed by atoms with Crippen molar-refractivity contribution < 1.29 is 17.9 Å². The second-order valence-corrected chi connectivity index (χ2v) is 10.4. The topological polar surface area (TPSA) is 66.9 Å². The van der Waals surface area contributed by atoms with E-state index in [4.69, 9.17) is 16.3 Å². The fourth-order valence-electron chi connectivity index (χ4n) is 3.82. The third-order valence-electron chi connectivity index (χ3n) is 5.64. The summed E-state index contributed by atoms with van der Waals surface area (Å²) in [5, 5.41) is 0.644. The van der Waals surface area contributed by atoms with Crippen LogP contribution in [0.2, 0.25) is 5.02 Å². The Kier molecular flexibility index (Phi) is 7.62.